The average molecular weight is 372 g/mol. The van der Waals surface area contributed by atoms with Crippen molar-refractivity contribution in [3.63, 3.8) is 0 Å². The number of hydrogen-bond acceptors (Lipinski definition) is 7. The van der Waals surface area contributed by atoms with Gasteiger partial charge in [0.25, 0.3) is 5.56 Å². The fraction of sp³-hybridized carbons (Fsp3) is 0.500. The quantitative estimate of drug-likeness (QED) is 0.704. The monoisotopic (exact) mass is 372 g/mol. The van der Waals surface area contributed by atoms with Gasteiger partial charge in [0.1, 0.15) is 24.8 Å². The number of ether oxygens (including phenoxy) is 1. The molecule has 2 aromatic rings. The lowest BCUT2D eigenvalue weighted by molar-refractivity contribution is -0.121. The third-order valence-corrected chi connectivity index (χ3v) is 4.24. The van der Waals surface area contributed by atoms with Crippen LogP contribution in [0.5, 0.6) is 5.88 Å². The molecule has 0 spiro atoms. The summed E-state index contributed by atoms with van der Waals surface area (Å²) in [6.07, 6.45) is 3.72. The molecule has 0 radical (unpaired) electrons. The van der Waals surface area contributed by atoms with E-state index in [9.17, 15) is 9.59 Å². The van der Waals surface area contributed by atoms with Crippen molar-refractivity contribution in [1.29, 1.82) is 0 Å². The minimum absolute atomic E-state index is 0.0716. The van der Waals surface area contributed by atoms with Gasteiger partial charge in [-0.05, 0) is 26.7 Å². The number of aryl methyl sites for hydroxylation is 2. The van der Waals surface area contributed by atoms with Gasteiger partial charge in [0.15, 0.2) is 0 Å². The van der Waals surface area contributed by atoms with Gasteiger partial charge in [-0.15, -0.1) is 0 Å². The van der Waals surface area contributed by atoms with Crippen LogP contribution in [0, 0.1) is 13.8 Å². The van der Waals surface area contributed by atoms with Crippen LogP contribution in [0.1, 0.15) is 24.4 Å². The highest BCUT2D eigenvalue weighted by Crippen LogP contribution is 2.21. The molecule has 3 rings (SSSR count). The molecule has 0 atom stereocenters. The third kappa shape index (κ3) is 5.25. The summed E-state index contributed by atoms with van der Waals surface area (Å²) in [7, 11) is 0. The molecule has 144 valence electrons. The summed E-state index contributed by atoms with van der Waals surface area (Å²) in [4.78, 5) is 38.7. The molecule has 0 bridgehead atoms. The summed E-state index contributed by atoms with van der Waals surface area (Å²) in [5.74, 6) is 1.76. The lowest BCUT2D eigenvalue weighted by Crippen LogP contribution is -2.34. The van der Waals surface area contributed by atoms with Crippen LogP contribution < -0.4 is 20.5 Å². The Morgan fingerprint density at radius 3 is 2.74 bits per heavy atom. The Kier molecular flexibility index (Phi) is 6.00. The second-order valence-corrected chi connectivity index (χ2v) is 6.50. The van der Waals surface area contributed by atoms with Gasteiger partial charge in [-0.1, -0.05) is 0 Å². The summed E-state index contributed by atoms with van der Waals surface area (Å²) in [6.45, 7) is 6.09. The van der Waals surface area contributed by atoms with Crippen molar-refractivity contribution in [1.82, 2.24) is 24.8 Å². The Morgan fingerprint density at radius 2 is 2.00 bits per heavy atom. The number of anilines is 1. The smallest absolute Gasteiger partial charge is 0.253 e. The minimum atomic E-state index is -0.275. The molecule has 2 aromatic heterocycles. The lowest BCUT2D eigenvalue weighted by atomic mass is 10.4. The number of aromatic nitrogens is 4. The van der Waals surface area contributed by atoms with Gasteiger partial charge in [0, 0.05) is 30.9 Å². The molecule has 3 heterocycles. The highest BCUT2D eigenvalue weighted by atomic mass is 16.5. The first-order chi connectivity index (χ1) is 13.0. The number of rotatable bonds is 7. The zero-order valence-corrected chi connectivity index (χ0v) is 15.6. The molecule has 9 heteroatoms. The van der Waals surface area contributed by atoms with E-state index in [4.69, 9.17) is 4.74 Å². The number of carbonyl (C=O) groups is 1. The van der Waals surface area contributed by atoms with E-state index in [0.29, 0.717) is 23.9 Å². The average Bonchev–Trinajstić information content (AvgIpc) is 3.15. The maximum absolute atomic E-state index is 12.0. The molecule has 1 fully saturated rings. The van der Waals surface area contributed by atoms with Gasteiger partial charge in [-0.25, -0.2) is 9.97 Å². The van der Waals surface area contributed by atoms with Crippen molar-refractivity contribution < 1.29 is 9.53 Å². The topological polar surface area (TPSA) is 102 Å². The molecular formula is C18H24N6O3. The Morgan fingerprint density at radius 1 is 1.22 bits per heavy atom. The van der Waals surface area contributed by atoms with Crippen molar-refractivity contribution >= 4 is 11.7 Å². The van der Waals surface area contributed by atoms with E-state index in [0.717, 1.165) is 18.9 Å². The van der Waals surface area contributed by atoms with Crippen molar-refractivity contribution in [3.05, 3.63) is 40.3 Å². The van der Waals surface area contributed by atoms with Crippen molar-refractivity contribution in [2.75, 3.05) is 31.1 Å². The minimum Gasteiger partial charge on any atom is -0.476 e. The highest BCUT2D eigenvalue weighted by molar-refractivity contribution is 5.75. The molecule has 27 heavy (non-hydrogen) atoms. The Balaban J connectivity index is 1.47. The largest absolute Gasteiger partial charge is 0.476 e. The zero-order chi connectivity index (χ0) is 19.2. The molecule has 1 amide bonds. The number of carbonyl (C=O) groups excluding carboxylic acids is 1. The molecule has 1 N–H and O–H groups in total. The predicted molar refractivity (Wildman–Crippen MR) is 100.0 cm³/mol. The standard InChI is InChI=1S/C18H24N6O3/c1-13-9-18(26)24(12-20-13)11-16(25)19-5-8-27-17-10-15(21-14(2)22-17)23-6-3-4-7-23/h9-10,12H,3-8,11H2,1-2H3,(H,19,25). The maximum atomic E-state index is 12.0. The van der Waals surface area contributed by atoms with E-state index in [1.807, 2.05) is 13.0 Å². The van der Waals surface area contributed by atoms with Crippen molar-refractivity contribution in [2.45, 2.75) is 33.2 Å². The summed E-state index contributed by atoms with van der Waals surface area (Å²) < 4.78 is 6.92. The molecule has 1 aliphatic heterocycles. The first kappa shape index (κ1) is 18.8. The molecule has 9 nitrogen and oxygen atoms in total. The fourth-order valence-corrected chi connectivity index (χ4v) is 2.90. The summed E-state index contributed by atoms with van der Waals surface area (Å²) in [5, 5.41) is 2.72. The maximum Gasteiger partial charge on any atom is 0.253 e. The Bertz CT molecular complexity index is 860. The van der Waals surface area contributed by atoms with Gasteiger partial charge in [-0.2, -0.15) is 4.98 Å². The van der Waals surface area contributed by atoms with Gasteiger partial charge < -0.3 is 15.0 Å². The van der Waals surface area contributed by atoms with Gasteiger partial charge in [0.2, 0.25) is 11.8 Å². The fourth-order valence-electron chi connectivity index (χ4n) is 2.90. The van der Waals surface area contributed by atoms with Crippen molar-refractivity contribution in [3.8, 4) is 5.88 Å². The predicted octanol–water partition coefficient (Wildman–Crippen LogP) is 0.446. The van der Waals surface area contributed by atoms with Crippen LogP contribution in [-0.4, -0.2) is 51.7 Å². The summed E-state index contributed by atoms with van der Waals surface area (Å²) in [6, 6.07) is 3.23. The normalized spacial score (nSPS) is 13.6. The van der Waals surface area contributed by atoms with Crippen molar-refractivity contribution in [2.24, 2.45) is 0 Å². The van der Waals surface area contributed by atoms with Crippen LogP contribution in [-0.2, 0) is 11.3 Å². The SMILES string of the molecule is Cc1cc(=O)n(CC(=O)NCCOc2cc(N3CCCC3)nc(C)n2)cn1. The van der Waals surface area contributed by atoms with Crippen LogP contribution in [0.4, 0.5) is 5.82 Å². The second-order valence-electron chi connectivity index (χ2n) is 6.50. The highest BCUT2D eigenvalue weighted by Gasteiger charge is 2.15. The number of nitrogens with one attached hydrogen (secondary N) is 1. The lowest BCUT2D eigenvalue weighted by Gasteiger charge is -2.17. The van der Waals surface area contributed by atoms with Crippen LogP contribution in [0.3, 0.4) is 0 Å². The number of hydrogen-bond donors (Lipinski definition) is 1. The first-order valence-corrected chi connectivity index (χ1v) is 9.04. The number of amides is 1. The summed E-state index contributed by atoms with van der Waals surface area (Å²) >= 11 is 0. The van der Waals surface area contributed by atoms with Crippen LogP contribution >= 0.6 is 0 Å². The molecule has 0 unspecified atom stereocenters. The van der Waals surface area contributed by atoms with Crippen LogP contribution in [0.25, 0.3) is 0 Å². The number of nitrogens with zero attached hydrogens (tertiary/aromatic N) is 5. The Labute approximate surface area is 157 Å². The third-order valence-electron chi connectivity index (χ3n) is 4.24. The zero-order valence-electron chi connectivity index (χ0n) is 15.6. The second kappa shape index (κ2) is 8.61. The van der Waals surface area contributed by atoms with E-state index >= 15 is 0 Å². The molecule has 0 aliphatic carbocycles. The molecular weight excluding hydrogens is 348 g/mol. The molecule has 1 aliphatic rings. The van der Waals surface area contributed by atoms with E-state index in [2.05, 4.69) is 25.2 Å². The van der Waals surface area contributed by atoms with Gasteiger partial charge in [-0.3, -0.25) is 14.2 Å². The Hall–Kier alpha value is -2.97. The van der Waals surface area contributed by atoms with Crippen LogP contribution in [0.2, 0.25) is 0 Å². The molecule has 0 aromatic carbocycles. The van der Waals surface area contributed by atoms with E-state index < -0.39 is 0 Å². The van der Waals surface area contributed by atoms with Gasteiger partial charge >= 0.3 is 0 Å². The van der Waals surface area contributed by atoms with E-state index in [1.165, 1.54) is 29.8 Å². The first-order valence-electron chi connectivity index (χ1n) is 9.04. The van der Waals surface area contributed by atoms with E-state index in [1.54, 1.807) is 6.92 Å². The molecule has 1 saturated heterocycles. The van der Waals surface area contributed by atoms with Crippen LogP contribution in [0.15, 0.2) is 23.3 Å². The summed E-state index contributed by atoms with van der Waals surface area (Å²) in [5.41, 5.74) is 0.373. The van der Waals surface area contributed by atoms with E-state index in [-0.39, 0.29) is 24.6 Å². The molecule has 0 saturated carbocycles. The van der Waals surface area contributed by atoms with Gasteiger partial charge in [0.05, 0.1) is 12.9 Å².